The first-order valence-corrected chi connectivity index (χ1v) is 5.60. The molecule has 0 atom stereocenters. The van der Waals surface area contributed by atoms with E-state index >= 15 is 0 Å². The molecule has 0 aromatic heterocycles. The van der Waals surface area contributed by atoms with E-state index in [0.29, 0.717) is 0 Å². The van der Waals surface area contributed by atoms with Gasteiger partial charge in [-0.1, -0.05) is 31.8 Å². The van der Waals surface area contributed by atoms with E-state index in [2.05, 4.69) is 22.3 Å². The topological polar surface area (TPSA) is 12.0 Å². The largest absolute Gasteiger partial charge is 0.330 e. The van der Waals surface area contributed by atoms with E-state index in [1.165, 1.54) is 37.8 Å². The van der Waals surface area contributed by atoms with E-state index in [9.17, 15) is 0 Å². The van der Waals surface area contributed by atoms with Gasteiger partial charge in [-0.15, -0.1) is 0 Å². The van der Waals surface area contributed by atoms with Crippen molar-refractivity contribution in [2.24, 2.45) is 5.92 Å². The van der Waals surface area contributed by atoms with Gasteiger partial charge < -0.3 is 4.72 Å². The Hall–Kier alpha value is -0.370. The minimum atomic E-state index is 0.954. The van der Waals surface area contributed by atoms with Crippen molar-refractivity contribution in [1.82, 2.24) is 4.72 Å². The molecule has 12 heavy (non-hydrogen) atoms. The first kappa shape index (κ1) is 8.24. The van der Waals surface area contributed by atoms with Gasteiger partial charge in [0, 0.05) is 5.70 Å². The molecule has 66 valence electrons. The van der Waals surface area contributed by atoms with E-state index in [1.807, 2.05) is 0 Å². The fourth-order valence-corrected chi connectivity index (χ4v) is 2.50. The van der Waals surface area contributed by atoms with Gasteiger partial charge in [0.1, 0.15) is 0 Å². The molecule has 1 saturated carbocycles. The fraction of sp³-hybridized carbons (Fsp3) is 0.600. The number of allylic oxidation sites excluding steroid dienone is 3. The lowest BCUT2D eigenvalue weighted by atomic mass is 10.0. The molecular formula is C10H15NS. The van der Waals surface area contributed by atoms with Crippen LogP contribution in [-0.2, 0) is 0 Å². The van der Waals surface area contributed by atoms with Crippen molar-refractivity contribution >= 4 is 11.9 Å². The van der Waals surface area contributed by atoms with E-state index in [4.69, 9.17) is 0 Å². The lowest BCUT2D eigenvalue weighted by Gasteiger charge is -2.14. The summed E-state index contributed by atoms with van der Waals surface area (Å²) in [5.74, 6) is 0.954. The zero-order valence-electron chi connectivity index (χ0n) is 7.25. The fourth-order valence-electron chi connectivity index (χ4n) is 1.97. The van der Waals surface area contributed by atoms with E-state index < -0.39 is 0 Å². The number of hydrogen-bond acceptors (Lipinski definition) is 2. The van der Waals surface area contributed by atoms with Crippen LogP contribution >= 0.6 is 11.9 Å². The molecule has 1 heterocycles. The van der Waals surface area contributed by atoms with Crippen LogP contribution < -0.4 is 4.72 Å². The summed E-state index contributed by atoms with van der Waals surface area (Å²) < 4.78 is 3.34. The number of hydrogen-bond donors (Lipinski definition) is 1. The first-order valence-electron chi connectivity index (χ1n) is 4.72. The second kappa shape index (κ2) is 4.04. The monoisotopic (exact) mass is 181 g/mol. The molecule has 1 aliphatic carbocycles. The Balaban J connectivity index is 1.84. The van der Waals surface area contributed by atoms with E-state index in [1.54, 1.807) is 11.9 Å². The summed E-state index contributed by atoms with van der Waals surface area (Å²) in [5, 5.41) is 2.08. The molecule has 2 heteroatoms. The first-order chi connectivity index (χ1) is 5.95. The van der Waals surface area contributed by atoms with Crippen LogP contribution in [0.15, 0.2) is 23.3 Å². The molecule has 2 aliphatic rings. The van der Waals surface area contributed by atoms with Crippen LogP contribution in [0.4, 0.5) is 0 Å². The average Bonchev–Trinajstić information content (AvgIpc) is 2.59. The minimum Gasteiger partial charge on any atom is -0.330 e. The third-order valence-electron chi connectivity index (χ3n) is 2.62. The molecular weight excluding hydrogens is 166 g/mol. The van der Waals surface area contributed by atoms with Gasteiger partial charge in [-0.3, -0.25) is 0 Å². The van der Waals surface area contributed by atoms with Gasteiger partial charge in [-0.05, 0) is 35.8 Å². The van der Waals surface area contributed by atoms with Gasteiger partial charge in [0.05, 0.1) is 0 Å². The highest BCUT2D eigenvalue weighted by atomic mass is 32.2. The van der Waals surface area contributed by atoms with Crippen molar-refractivity contribution in [3.05, 3.63) is 23.3 Å². The molecule has 0 amide bonds. The Bertz CT molecular complexity index is 202. The third-order valence-corrected chi connectivity index (χ3v) is 3.29. The van der Waals surface area contributed by atoms with Crippen LogP contribution in [0.5, 0.6) is 0 Å². The molecule has 0 bridgehead atoms. The van der Waals surface area contributed by atoms with Crippen molar-refractivity contribution in [3.8, 4) is 0 Å². The summed E-state index contributed by atoms with van der Waals surface area (Å²) in [4.78, 5) is 0. The molecule has 2 rings (SSSR count). The Morgan fingerprint density at radius 3 is 2.92 bits per heavy atom. The van der Waals surface area contributed by atoms with Gasteiger partial charge in [-0.2, -0.15) is 0 Å². The molecule has 0 radical (unpaired) electrons. The predicted molar refractivity (Wildman–Crippen MR) is 54.5 cm³/mol. The van der Waals surface area contributed by atoms with Crippen LogP contribution in [0.2, 0.25) is 0 Å². The highest BCUT2D eigenvalue weighted by Crippen LogP contribution is 2.30. The zero-order valence-corrected chi connectivity index (χ0v) is 8.07. The van der Waals surface area contributed by atoms with Crippen molar-refractivity contribution in [1.29, 1.82) is 0 Å². The second-order valence-electron chi connectivity index (χ2n) is 3.59. The van der Waals surface area contributed by atoms with Crippen LogP contribution in [0, 0.1) is 5.92 Å². The Kier molecular flexibility index (Phi) is 2.77. The van der Waals surface area contributed by atoms with Gasteiger partial charge >= 0.3 is 0 Å². The zero-order chi connectivity index (χ0) is 8.23. The van der Waals surface area contributed by atoms with Crippen LogP contribution in [0.1, 0.15) is 32.1 Å². The molecule has 1 aliphatic heterocycles. The summed E-state index contributed by atoms with van der Waals surface area (Å²) in [5.41, 5.74) is 1.41. The average molecular weight is 181 g/mol. The summed E-state index contributed by atoms with van der Waals surface area (Å²) in [6.45, 7) is 0. The molecule has 1 N–H and O–H groups in total. The molecule has 1 nitrogen and oxygen atoms in total. The number of rotatable bonds is 2. The van der Waals surface area contributed by atoms with E-state index in [-0.39, 0.29) is 0 Å². The van der Waals surface area contributed by atoms with Gasteiger partial charge in [0.2, 0.25) is 0 Å². The van der Waals surface area contributed by atoms with Crippen molar-refractivity contribution in [2.75, 3.05) is 0 Å². The smallest absolute Gasteiger partial charge is 0.0216 e. The lowest BCUT2D eigenvalue weighted by molar-refractivity contribution is 0.537. The summed E-state index contributed by atoms with van der Waals surface area (Å²) in [6.07, 6.45) is 11.4. The quantitative estimate of drug-likeness (QED) is 0.656. The molecule has 0 aromatic carbocycles. The number of nitrogens with one attached hydrogen (secondary N) is 1. The highest BCUT2D eigenvalue weighted by Gasteiger charge is 2.16. The third kappa shape index (κ3) is 2.07. The van der Waals surface area contributed by atoms with Crippen LogP contribution in [-0.4, -0.2) is 0 Å². The van der Waals surface area contributed by atoms with E-state index in [0.717, 1.165) is 5.92 Å². The highest BCUT2D eigenvalue weighted by molar-refractivity contribution is 8.00. The maximum absolute atomic E-state index is 3.34. The standard InChI is InChI=1S/C10H15NS/c1-2-5-9(4-1)8-10-6-3-7-12-11-10/h3,6-7,9,11H,1-2,4-5,8H2. The molecule has 0 spiro atoms. The maximum Gasteiger partial charge on any atom is 0.0216 e. The summed E-state index contributed by atoms with van der Waals surface area (Å²) >= 11 is 1.69. The van der Waals surface area contributed by atoms with Gasteiger partial charge in [-0.25, -0.2) is 0 Å². The lowest BCUT2D eigenvalue weighted by Crippen LogP contribution is -2.08. The minimum absolute atomic E-state index is 0.954. The van der Waals surface area contributed by atoms with Crippen LogP contribution in [0.3, 0.4) is 0 Å². The molecule has 0 unspecified atom stereocenters. The van der Waals surface area contributed by atoms with Crippen molar-refractivity contribution in [3.63, 3.8) is 0 Å². The molecule has 1 fully saturated rings. The SMILES string of the molecule is C1=CSNC(CC2CCCC2)=C1. The maximum atomic E-state index is 3.34. The summed E-state index contributed by atoms with van der Waals surface area (Å²) in [7, 11) is 0. The molecule has 0 aromatic rings. The van der Waals surface area contributed by atoms with Crippen LogP contribution in [0.25, 0.3) is 0 Å². The second-order valence-corrected chi connectivity index (χ2v) is 4.31. The van der Waals surface area contributed by atoms with Gasteiger partial charge in [0.15, 0.2) is 0 Å². The van der Waals surface area contributed by atoms with Crippen molar-refractivity contribution < 1.29 is 0 Å². The predicted octanol–water partition coefficient (Wildman–Crippen LogP) is 3.22. The van der Waals surface area contributed by atoms with Gasteiger partial charge in [0.25, 0.3) is 0 Å². The van der Waals surface area contributed by atoms with Crippen molar-refractivity contribution in [2.45, 2.75) is 32.1 Å². The Morgan fingerprint density at radius 1 is 1.42 bits per heavy atom. The Morgan fingerprint density at radius 2 is 2.25 bits per heavy atom. The Labute approximate surface area is 78.4 Å². The summed E-state index contributed by atoms with van der Waals surface area (Å²) in [6, 6.07) is 0. The normalized spacial score (nSPS) is 23.8. The molecule has 0 saturated heterocycles.